The minimum Gasteiger partial charge on any atom is -0.494 e. The van der Waals surface area contributed by atoms with Crippen molar-refractivity contribution in [2.45, 2.75) is 19.3 Å². The molecule has 0 spiro atoms. The van der Waals surface area contributed by atoms with E-state index in [1.54, 1.807) is 4.90 Å². The Kier molecular flexibility index (Phi) is 4.65. The molecule has 1 aliphatic heterocycles. The Bertz CT molecular complexity index is 1330. The van der Waals surface area contributed by atoms with Crippen LogP contribution in [0, 0.1) is 5.82 Å². The van der Waals surface area contributed by atoms with E-state index in [4.69, 9.17) is 0 Å². The first-order chi connectivity index (χ1) is 15.3. The number of alkyl halides is 3. The minimum atomic E-state index is -4.57. The number of halogens is 4. The normalized spacial score (nSPS) is 13.9. The quantitative estimate of drug-likeness (QED) is 0.291. The zero-order valence-corrected chi connectivity index (χ0v) is 16.6. The standard InChI is InChI=1S/C24H17F4N3O/c25-16-5-7-21-18(9-16)19(23(32)30-21)11-29-17-6-8-22(20(10-17)24(26,27)28)31-12-14-3-1-2-4-15(14)13-31/h1-11,30,32H,12-13H2. The van der Waals surface area contributed by atoms with Crippen LogP contribution in [-0.2, 0) is 19.3 Å². The van der Waals surface area contributed by atoms with Gasteiger partial charge in [0.1, 0.15) is 5.82 Å². The molecular formula is C24H17F4N3O. The van der Waals surface area contributed by atoms with E-state index < -0.39 is 17.6 Å². The fourth-order valence-electron chi connectivity index (χ4n) is 4.05. The van der Waals surface area contributed by atoms with Gasteiger partial charge < -0.3 is 15.0 Å². The molecular weight excluding hydrogens is 422 g/mol. The van der Waals surface area contributed by atoms with Crippen molar-refractivity contribution in [2.24, 2.45) is 4.99 Å². The topological polar surface area (TPSA) is 51.6 Å². The van der Waals surface area contributed by atoms with Gasteiger partial charge in [0.05, 0.1) is 16.8 Å². The number of rotatable bonds is 3. The van der Waals surface area contributed by atoms with Crippen LogP contribution < -0.4 is 4.90 Å². The molecule has 1 aromatic heterocycles. The molecule has 2 N–H and O–H groups in total. The minimum absolute atomic E-state index is 0.0722. The average molecular weight is 439 g/mol. The second-order valence-electron chi connectivity index (χ2n) is 7.66. The third kappa shape index (κ3) is 3.57. The van der Waals surface area contributed by atoms with E-state index in [0.717, 1.165) is 17.2 Å². The second-order valence-corrected chi connectivity index (χ2v) is 7.66. The summed E-state index contributed by atoms with van der Waals surface area (Å²) in [5.74, 6) is -0.738. The van der Waals surface area contributed by atoms with Crippen LogP contribution in [0.1, 0.15) is 22.3 Å². The molecule has 0 atom stereocenters. The van der Waals surface area contributed by atoms with E-state index in [2.05, 4.69) is 9.98 Å². The Morgan fingerprint density at radius 1 is 0.969 bits per heavy atom. The molecule has 0 aliphatic carbocycles. The molecule has 0 bridgehead atoms. The molecule has 5 rings (SSSR count). The lowest BCUT2D eigenvalue weighted by molar-refractivity contribution is -0.137. The van der Waals surface area contributed by atoms with E-state index in [1.807, 2.05) is 24.3 Å². The molecule has 0 fully saturated rings. The summed E-state index contributed by atoms with van der Waals surface area (Å²) in [5, 5.41) is 10.5. The summed E-state index contributed by atoms with van der Waals surface area (Å²) < 4.78 is 55.2. The van der Waals surface area contributed by atoms with Gasteiger partial charge in [-0.1, -0.05) is 24.3 Å². The molecule has 0 unspecified atom stereocenters. The van der Waals surface area contributed by atoms with Crippen molar-refractivity contribution >= 4 is 28.5 Å². The highest BCUT2D eigenvalue weighted by Crippen LogP contribution is 2.41. The van der Waals surface area contributed by atoms with Crippen molar-refractivity contribution in [1.29, 1.82) is 0 Å². The summed E-state index contributed by atoms with van der Waals surface area (Å²) in [7, 11) is 0. The molecule has 162 valence electrons. The predicted octanol–water partition coefficient (Wildman–Crippen LogP) is 6.30. The fourth-order valence-corrected chi connectivity index (χ4v) is 4.05. The van der Waals surface area contributed by atoms with Gasteiger partial charge in [-0.05, 0) is 47.5 Å². The van der Waals surface area contributed by atoms with Gasteiger partial charge in [0, 0.05) is 35.9 Å². The maximum atomic E-state index is 13.9. The molecule has 2 heterocycles. The van der Waals surface area contributed by atoms with Crippen LogP contribution in [0.4, 0.5) is 28.9 Å². The Balaban J connectivity index is 1.50. The SMILES string of the molecule is Oc1[nH]c2ccc(F)cc2c1C=Nc1ccc(N2Cc3ccccc3C2)c(C(F)(F)F)c1. The van der Waals surface area contributed by atoms with Crippen molar-refractivity contribution in [3.63, 3.8) is 0 Å². The van der Waals surface area contributed by atoms with Crippen LogP contribution in [-0.4, -0.2) is 16.3 Å². The summed E-state index contributed by atoms with van der Waals surface area (Å²) in [4.78, 5) is 8.51. The van der Waals surface area contributed by atoms with Crippen LogP contribution in [0.25, 0.3) is 10.9 Å². The van der Waals surface area contributed by atoms with Crippen molar-refractivity contribution < 1.29 is 22.7 Å². The molecule has 32 heavy (non-hydrogen) atoms. The third-order valence-corrected chi connectivity index (χ3v) is 5.59. The number of aromatic nitrogens is 1. The van der Waals surface area contributed by atoms with Gasteiger partial charge in [-0.3, -0.25) is 4.99 Å². The molecule has 4 nitrogen and oxygen atoms in total. The Morgan fingerprint density at radius 2 is 1.69 bits per heavy atom. The smallest absolute Gasteiger partial charge is 0.418 e. The molecule has 8 heteroatoms. The molecule has 0 radical (unpaired) electrons. The largest absolute Gasteiger partial charge is 0.494 e. The molecule has 0 saturated heterocycles. The molecule has 1 aliphatic rings. The van der Waals surface area contributed by atoms with Crippen LogP contribution in [0.15, 0.2) is 65.7 Å². The lowest BCUT2D eigenvalue weighted by atomic mass is 10.1. The van der Waals surface area contributed by atoms with E-state index in [9.17, 15) is 22.7 Å². The molecule has 3 aromatic carbocycles. The summed E-state index contributed by atoms with van der Waals surface area (Å²) in [5.41, 5.74) is 2.08. The summed E-state index contributed by atoms with van der Waals surface area (Å²) in [6.45, 7) is 0.799. The Morgan fingerprint density at radius 3 is 2.38 bits per heavy atom. The number of H-pyrrole nitrogens is 1. The first-order valence-electron chi connectivity index (χ1n) is 9.87. The van der Waals surface area contributed by atoms with Gasteiger partial charge in [-0.2, -0.15) is 13.2 Å². The highest BCUT2D eigenvalue weighted by atomic mass is 19.4. The Hall–Kier alpha value is -3.81. The number of anilines is 1. The zero-order chi connectivity index (χ0) is 22.5. The van der Waals surface area contributed by atoms with Gasteiger partial charge in [-0.15, -0.1) is 0 Å². The third-order valence-electron chi connectivity index (χ3n) is 5.59. The van der Waals surface area contributed by atoms with Gasteiger partial charge >= 0.3 is 6.18 Å². The van der Waals surface area contributed by atoms with E-state index in [1.165, 1.54) is 36.5 Å². The maximum Gasteiger partial charge on any atom is 0.418 e. The number of fused-ring (bicyclic) bond motifs is 2. The zero-order valence-electron chi connectivity index (χ0n) is 16.6. The van der Waals surface area contributed by atoms with Crippen molar-refractivity contribution in [1.82, 2.24) is 4.98 Å². The lowest BCUT2D eigenvalue weighted by Gasteiger charge is -2.23. The first-order valence-corrected chi connectivity index (χ1v) is 9.87. The van der Waals surface area contributed by atoms with E-state index in [-0.39, 0.29) is 22.8 Å². The van der Waals surface area contributed by atoms with Gasteiger partial charge in [0.25, 0.3) is 0 Å². The fraction of sp³-hybridized carbons (Fsp3) is 0.125. The summed E-state index contributed by atoms with van der Waals surface area (Å²) >= 11 is 0. The number of aromatic amines is 1. The number of aromatic hydroxyl groups is 1. The van der Waals surface area contributed by atoms with Crippen LogP contribution in [0.5, 0.6) is 5.88 Å². The van der Waals surface area contributed by atoms with Gasteiger partial charge in [-0.25, -0.2) is 4.39 Å². The number of nitrogens with zero attached hydrogens (tertiary/aromatic N) is 2. The second kappa shape index (κ2) is 7.40. The number of hydrogen-bond donors (Lipinski definition) is 2. The average Bonchev–Trinajstić information content (AvgIpc) is 3.31. The predicted molar refractivity (Wildman–Crippen MR) is 115 cm³/mol. The molecule has 0 amide bonds. The number of nitrogens with one attached hydrogen (secondary N) is 1. The summed E-state index contributed by atoms with van der Waals surface area (Å²) in [6, 6.07) is 15.4. The van der Waals surface area contributed by atoms with Crippen LogP contribution in [0.2, 0.25) is 0 Å². The van der Waals surface area contributed by atoms with Crippen molar-refractivity contribution in [2.75, 3.05) is 4.90 Å². The van der Waals surface area contributed by atoms with Crippen LogP contribution >= 0.6 is 0 Å². The monoisotopic (exact) mass is 439 g/mol. The number of hydrogen-bond acceptors (Lipinski definition) is 3. The lowest BCUT2D eigenvalue weighted by Crippen LogP contribution is -2.19. The van der Waals surface area contributed by atoms with Gasteiger partial charge in [0.15, 0.2) is 5.88 Å². The van der Waals surface area contributed by atoms with E-state index in [0.29, 0.717) is 24.0 Å². The van der Waals surface area contributed by atoms with Gasteiger partial charge in [0.2, 0.25) is 0 Å². The maximum absolute atomic E-state index is 13.9. The Labute approximate surface area is 180 Å². The van der Waals surface area contributed by atoms with E-state index >= 15 is 0 Å². The highest BCUT2D eigenvalue weighted by molar-refractivity contribution is 6.02. The highest BCUT2D eigenvalue weighted by Gasteiger charge is 2.36. The molecule has 4 aromatic rings. The van der Waals surface area contributed by atoms with Crippen molar-refractivity contribution in [3.05, 3.63) is 88.7 Å². The number of aliphatic imine (C=N–C) groups is 1. The summed E-state index contributed by atoms with van der Waals surface area (Å²) in [6.07, 6.45) is -3.34. The molecule has 0 saturated carbocycles. The first kappa shape index (κ1) is 20.1. The number of benzene rings is 3. The van der Waals surface area contributed by atoms with Crippen LogP contribution in [0.3, 0.4) is 0 Å². The van der Waals surface area contributed by atoms with Crippen molar-refractivity contribution in [3.8, 4) is 5.88 Å².